The normalized spacial score (nSPS) is 13.8. The summed E-state index contributed by atoms with van der Waals surface area (Å²) in [6.07, 6.45) is 2.15. The summed E-state index contributed by atoms with van der Waals surface area (Å²) in [6, 6.07) is 3.83. The molecule has 20 heavy (non-hydrogen) atoms. The monoisotopic (exact) mass is 279 g/mol. The number of amides is 1. The van der Waals surface area contributed by atoms with Gasteiger partial charge in [-0.15, -0.1) is 0 Å². The van der Waals surface area contributed by atoms with Crippen LogP contribution in [0.5, 0.6) is 11.5 Å². The predicted molar refractivity (Wildman–Crippen MR) is 78.4 cm³/mol. The average molecular weight is 279 g/mol. The molecule has 0 aliphatic heterocycles. The van der Waals surface area contributed by atoms with Crippen molar-refractivity contribution in [3.8, 4) is 11.5 Å². The summed E-state index contributed by atoms with van der Waals surface area (Å²) in [5.74, 6) is 1.17. The molecule has 0 bridgehead atoms. The molecule has 0 heterocycles. The van der Waals surface area contributed by atoms with Crippen molar-refractivity contribution in [2.24, 2.45) is 0 Å². The Morgan fingerprint density at radius 1 is 1.35 bits per heavy atom. The Morgan fingerprint density at radius 3 is 2.50 bits per heavy atom. The van der Waals surface area contributed by atoms with Crippen molar-refractivity contribution in [2.45, 2.75) is 18.9 Å². The molecule has 1 aliphatic carbocycles. The van der Waals surface area contributed by atoms with Gasteiger partial charge in [0, 0.05) is 25.2 Å². The zero-order valence-corrected chi connectivity index (χ0v) is 12.1. The van der Waals surface area contributed by atoms with Crippen molar-refractivity contribution < 1.29 is 14.3 Å². The van der Waals surface area contributed by atoms with Gasteiger partial charge in [-0.25, -0.2) is 0 Å². The second kappa shape index (κ2) is 5.90. The number of methoxy groups -OCH3 is 2. The highest BCUT2D eigenvalue weighted by Crippen LogP contribution is 2.36. The van der Waals surface area contributed by atoms with Crippen LogP contribution >= 0.6 is 0 Å². The molecule has 6 nitrogen and oxygen atoms in total. The lowest BCUT2D eigenvalue weighted by molar-refractivity contribution is -0.119. The Balaban J connectivity index is 2.11. The number of likely N-dealkylation sites (N-methyl/N-ethyl adjacent to an activating group) is 1. The molecule has 110 valence electrons. The van der Waals surface area contributed by atoms with Crippen LogP contribution in [0.3, 0.4) is 0 Å². The van der Waals surface area contributed by atoms with E-state index in [1.165, 1.54) is 0 Å². The van der Waals surface area contributed by atoms with E-state index in [2.05, 4.69) is 5.32 Å². The van der Waals surface area contributed by atoms with Crippen molar-refractivity contribution in [1.82, 2.24) is 5.32 Å². The van der Waals surface area contributed by atoms with Gasteiger partial charge in [-0.1, -0.05) is 0 Å². The van der Waals surface area contributed by atoms with Gasteiger partial charge in [0.15, 0.2) is 11.5 Å². The van der Waals surface area contributed by atoms with Gasteiger partial charge in [0.05, 0.1) is 32.1 Å². The van der Waals surface area contributed by atoms with Gasteiger partial charge in [-0.05, 0) is 12.8 Å². The topological polar surface area (TPSA) is 76.8 Å². The van der Waals surface area contributed by atoms with Crippen molar-refractivity contribution in [2.75, 3.05) is 38.4 Å². The van der Waals surface area contributed by atoms with Crippen LogP contribution in [0.25, 0.3) is 0 Å². The van der Waals surface area contributed by atoms with Gasteiger partial charge in [-0.3, -0.25) is 4.79 Å². The number of carbonyl (C=O) groups excluding carboxylic acids is 1. The molecule has 0 unspecified atom stereocenters. The molecule has 3 N–H and O–H groups in total. The first kappa shape index (κ1) is 14.3. The molecule has 0 aromatic heterocycles. The van der Waals surface area contributed by atoms with Crippen LogP contribution in [0.2, 0.25) is 0 Å². The number of nitrogen functional groups attached to an aromatic ring is 1. The van der Waals surface area contributed by atoms with Gasteiger partial charge in [0.25, 0.3) is 0 Å². The number of anilines is 2. The molecule has 0 atom stereocenters. The largest absolute Gasteiger partial charge is 0.493 e. The summed E-state index contributed by atoms with van der Waals surface area (Å²) >= 11 is 0. The highest BCUT2D eigenvalue weighted by Gasteiger charge is 2.24. The van der Waals surface area contributed by atoms with Crippen molar-refractivity contribution in [3.63, 3.8) is 0 Å². The summed E-state index contributed by atoms with van der Waals surface area (Å²) in [5.41, 5.74) is 7.29. The Bertz CT molecular complexity index is 501. The van der Waals surface area contributed by atoms with Gasteiger partial charge in [-0.2, -0.15) is 0 Å². The van der Waals surface area contributed by atoms with E-state index in [-0.39, 0.29) is 12.5 Å². The molecule has 1 amide bonds. The van der Waals surface area contributed by atoms with Crippen LogP contribution in [-0.2, 0) is 4.79 Å². The predicted octanol–water partition coefficient (Wildman–Crippen LogP) is 1.00. The van der Waals surface area contributed by atoms with E-state index in [9.17, 15) is 4.79 Å². The number of hydrogen-bond donors (Lipinski definition) is 2. The lowest BCUT2D eigenvalue weighted by Crippen LogP contribution is -2.36. The van der Waals surface area contributed by atoms with Crippen LogP contribution in [0, 0.1) is 0 Å². The minimum Gasteiger partial charge on any atom is -0.493 e. The third kappa shape index (κ3) is 3.26. The molecular formula is C14H21N3O3. The standard InChI is InChI=1S/C14H21N3O3/c1-17(8-14(18)16-9-4-5-9)11-7-13(20-3)12(19-2)6-10(11)15/h6-7,9H,4-5,8,15H2,1-3H3,(H,16,18). The van der Waals surface area contributed by atoms with Crippen LogP contribution in [0.4, 0.5) is 11.4 Å². The molecule has 1 aliphatic rings. The van der Waals surface area contributed by atoms with Crippen molar-refractivity contribution in [1.29, 1.82) is 0 Å². The first-order valence-electron chi connectivity index (χ1n) is 6.57. The maximum absolute atomic E-state index is 11.8. The maximum Gasteiger partial charge on any atom is 0.239 e. The number of nitrogens with two attached hydrogens (primary N) is 1. The fourth-order valence-electron chi connectivity index (χ4n) is 2.02. The molecule has 0 radical (unpaired) electrons. The Labute approximate surface area is 118 Å². The molecule has 0 saturated heterocycles. The van der Waals surface area contributed by atoms with E-state index in [1.807, 2.05) is 7.05 Å². The zero-order valence-electron chi connectivity index (χ0n) is 12.1. The van der Waals surface area contributed by atoms with Crippen molar-refractivity contribution in [3.05, 3.63) is 12.1 Å². The van der Waals surface area contributed by atoms with Crippen molar-refractivity contribution >= 4 is 17.3 Å². The Hall–Kier alpha value is -2.11. The van der Waals surface area contributed by atoms with E-state index >= 15 is 0 Å². The summed E-state index contributed by atoms with van der Waals surface area (Å²) in [5, 5.41) is 2.95. The molecule has 1 aromatic rings. The summed E-state index contributed by atoms with van der Waals surface area (Å²) in [6.45, 7) is 0.260. The molecule has 1 fully saturated rings. The second-order valence-corrected chi connectivity index (χ2v) is 4.96. The highest BCUT2D eigenvalue weighted by atomic mass is 16.5. The maximum atomic E-state index is 11.8. The summed E-state index contributed by atoms with van der Waals surface area (Å²) in [4.78, 5) is 13.6. The fourth-order valence-corrected chi connectivity index (χ4v) is 2.02. The molecule has 2 rings (SSSR count). The van der Waals surface area contributed by atoms with Crippen LogP contribution < -0.4 is 25.4 Å². The molecule has 0 spiro atoms. The van der Waals surface area contributed by atoms with E-state index < -0.39 is 0 Å². The van der Waals surface area contributed by atoms with E-state index in [4.69, 9.17) is 15.2 Å². The molecule has 1 aromatic carbocycles. The number of ether oxygens (including phenoxy) is 2. The number of rotatable bonds is 6. The molecule has 1 saturated carbocycles. The lowest BCUT2D eigenvalue weighted by atomic mass is 10.2. The number of benzene rings is 1. The van der Waals surface area contributed by atoms with Gasteiger partial charge >= 0.3 is 0 Å². The van der Waals surface area contributed by atoms with E-state index in [1.54, 1.807) is 31.3 Å². The van der Waals surface area contributed by atoms with Crippen LogP contribution in [-0.4, -0.2) is 39.8 Å². The van der Waals surface area contributed by atoms with Crippen LogP contribution in [0.15, 0.2) is 12.1 Å². The number of nitrogens with one attached hydrogen (secondary N) is 1. The fraction of sp³-hybridized carbons (Fsp3) is 0.500. The SMILES string of the molecule is COc1cc(N)c(N(C)CC(=O)NC2CC2)cc1OC. The van der Waals surface area contributed by atoms with E-state index in [0.717, 1.165) is 18.5 Å². The zero-order chi connectivity index (χ0) is 14.7. The molecular weight excluding hydrogens is 258 g/mol. The molecule has 6 heteroatoms. The van der Waals surface area contributed by atoms with Gasteiger partial charge in [0.1, 0.15) is 0 Å². The minimum absolute atomic E-state index is 0.00387. The summed E-state index contributed by atoms with van der Waals surface area (Å²) in [7, 11) is 4.95. The summed E-state index contributed by atoms with van der Waals surface area (Å²) < 4.78 is 10.4. The third-order valence-electron chi connectivity index (χ3n) is 3.27. The Kier molecular flexibility index (Phi) is 4.22. The average Bonchev–Trinajstić information content (AvgIpc) is 3.21. The van der Waals surface area contributed by atoms with Gasteiger partial charge in [0.2, 0.25) is 5.91 Å². The minimum atomic E-state index is 0.00387. The first-order valence-corrected chi connectivity index (χ1v) is 6.57. The highest BCUT2D eigenvalue weighted by molar-refractivity contribution is 5.84. The lowest BCUT2D eigenvalue weighted by Gasteiger charge is -2.22. The smallest absolute Gasteiger partial charge is 0.239 e. The van der Waals surface area contributed by atoms with E-state index in [0.29, 0.717) is 23.2 Å². The second-order valence-electron chi connectivity index (χ2n) is 4.96. The van der Waals surface area contributed by atoms with Gasteiger partial charge < -0.3 is 25.4 Å². The quantitative estimate of drug-likeness (QED) is 0.760. The number of nitrogens with zero attached hydrogens (tertiary/aromatic N) is 1. The van der Waals surface area contributed by atoms with Crippen LogP contribution in [0.1, 0.15) is 12.8 Å². The number of hydrogen-bond acceptors (Lipinski definition) is 5. The Morgan fingerprint density at radius 2 is 1.95 bits per heavy atom. The number of carbonyl (C=O) groups is 1. The third-order valence-corrected chi connectivity index (χ3v) is 3.27. The first-order chi connectivity index (χ1) is 9.55.